The monoisotopic (exact) mass is 267 g/mol. The van der Waals surface area contributed by atoms with E-state index in [0.29, 0.717) is 0 Å². The molecule has 2 fully saturated rings. The van der Waals surface area contributed by atoms with E-state index in [2.05, 4.69) is 34.7 Å². The highest BCUT2D eigenvalue weighted by molar-refractivity contribution is 5.79. The zero-order valence-electron chi connectivity index (χ0n) is 11.6. The first kappa shape index (κ1) is 12.3. The van der Waals surface area contributed by atoms with E-state index >= 15 is 0 Å². The van der Waals surface area contributed by atoms with E-state index in [4.69, 9.17) is 5.84 Å². The van der Waals surface area contributed by atoms with Crippen molar-refractivity contribution in [1.82, 2.24) is 10.4 Å². The van der Waals surface area contributed by atoms with Crippen LogP contribution in [0.25, 0.3) is 10.9 Å². The summed E-state index contributed by atoms with van der Waals surface area (Å²) in [6, 6.07) is 10.9. The quantitative estimate of drug-likeness (QED) is 0.663. The number of nitrogens with two attached hydrogens (primary N) is 1. The Morgan fingerprint density at radius 3 is 2.70 bits per heavy atom. The molecule has 0 saturated heterocycles. The Morgan fingerprint density at radius 2 is 1.95 bits per heavy atom. The number of nitrogens with zero attached hydrogens (tertiary/aromatic N) is 1. The molecule has 2 aliphatic carbocycles. The van der Waals surface area contributed by atoms with Gasteiger partial charge >= 0.3 is 0 Å². The Hall–Kier alpha value is -1.45. The molecule has 20 heavy (non-hydrogen) atoms. The highest BCUT2D eigenvalue weighted by Gasteiger charge is 2.54. The van der Waals surface area contributed by atoms with Crippen molar-refractivity contribution in [2.24, 2.45) is 23.6 Å². The summed E-state index contributed by atoms with van der Waals surface area (Å²) in [5.74, 6) is 8.38. The average molecular weight is 267 g/mol. The van der Waals surface area contributed by atoms with E-state index in [-0.39, 0.29) is 6.04 Å². The van der Waals surface area contributed by atoms with Gasteiger partial charge in [-0.05, 0) is 48.3 Å². The first-order chi connectivity index (χ1) is 9.88. The summed E-state index contributed by atoms with van der Waals surface area (Å²) in [6.45, 7) is 0. The Labute approximate surface area is 119 Å². The molecule has 0 spiro atoms. The SMILES string of the molecule is NNC(c1ccc2cccnc2c1)C1C2CCCCC21. The standard InChI is InChI=1S/C17H21N3/c18-20-17(16-13-5-1-2-6-14(13)16)12-8-7-11-4-3-9-19-15(11)10-12/h3-4,7-10,13-14,16-17,20H,1-2,5-6,18H2. The van der Waals surface area contributed by atoms with E-state index in [9.17, 15) is 0 Å². The fourth-order valence-corrected chi connectivity index (χ4v) is 4.25. The second-order valence-corrected chi connectivity index (χ2v) is 6.29. The van der Waals surface area contributed by atoms with Crippen LogP contribution in [0.5, 0.6) is 0 Å². The highest BCUT2D eigenvalue weighted by Crippen LogP contribution is 2.60. The number of pyridine rings is 1. The van der Waals surface area contributed by atoms with Crippen LogP contribution in [0.4, 0.5) is 0 Å². The minimum absolute atomic E-state index is 0.287. The van der Waals surface area contributed by atoms with Gasteiger partial charge < -0.3 is 0 Å². The molecule has 3 atom stereocenters. The van der Waals surface area contributed by atoms with Crippen LogP contribution in [0.3, 0.4) is 0 Å². The van der Waals surface area contributed by atoms with Gasteiger partial charge in [0.15, 0.2) is 0 Å². The van der Waals surface area contributed by atoms with E-state index in [1.165, 1.54) is 36.6 Å². The smallest absolute Gasteiger partial charge is 0.0705 e. The number of benzene rings is 1. The molecule has 0 bridgehead atoms. The largest absolute Gasteiger partial charge is 0.271 e. The van der Waals surface area contributed by atoms with Crippen LogP contribution in [0, 0.1) is 17.8 Å². The molecule has 104 valence electrons. The number of hydrogen-bond acceptors (Lipinski definition) is 3. The number of nitrogens with one attached hydrogen (secondary N) is 1. The third-order valence-electron chi connectivity index (χ3n) is 5.28. The summed E-state index contributed by atoms with van der Waals surface area (Å²) < 4.78 is 0. The molecule has 3 heteroatoms. The number of hydrazine groups is 1. The van der Waals surface area contributed by atoms with Crippen LogP contribution in [-0.4, -0.2) is 4.98 Å². The van der Waals surface area contributed by atoms with Gasteiger partial charge in [-0.1, -0.05) is 31.0 Å². The summed E-state index contributed by atoms with van der Waals surface area (Å²) in [6.07, 6.45) is 7.43. The fourth-order valence-electron chi connectivity index (χ4n) is 4.25. The number of aromatic nitrogens is 1. The Bertz CT molecular complexity index is 612. The molecule has 2 aromatic rings. The maximum Gasteiger partial charge on any atom is 0.0705 e. The third kappa shape index (κ3) is 1.93. The average Bonchev–Trinajstić information content (AvgIpc) is 3.22. The minimum Gasteiger partial charge on any atom is -0.271 e. The van der Waals surface area contributed by atoms with Gasteiger partial charge in [-0.2, -0.15) is 0 Å². The fraction of sp³-hybridized carbons (Fsp3) is 0.471. The molecule has 0 radical (unpaired) electrons. The summed E-state index contributed by atoms with van der Waals surface area (Å²) in [5, 5.41) is 1.19. The van der Waals surface area contributed by atoms with Crippen molar-refractivity contribution in [1.29, 1.82) is 0 Å². The molecule has 3 nitrogen and oxygen atoms in total. The lowest BCUT2D eigenvalue weighted by molar-refractivity contribution is 0.457. The number of fused-ring (bicyclic) bond motifs is 2. The second-order valence-electron chi connectivity index (χ2n) is 6.29. The van der Waals surface area contributed by atoms with Crippen molar-refractivity contribution < 1.29 is 0 Å². The Balaban J connectivity index is 1.66. The molecule has 0 amide bonds. The van der Waals surface area contributed by atoms with Crippen LogP contribution in [-0.2, 0) is 0 Å². The maximum absolute atomic E-state index is 5.87. The van der Waals surface area contributed by atoms with Crippen molar-refractivity contribution in [3.63, 3.8) is 0 Å². The van der Waals surface area contributed by atoms with Gasteiger partial charge in [0, 0.05) is 17.6 Å². The van der Waals surface area contributed by atoms with Crippen LogP contribution < -0.4 is 11.3 Å². The first-order valence-electron chi connectivity index (χ1n) is 7.69. The molecule has 2 aliphatic rings. The van der Waals surface area contributed by atoms with E-state index in [0.717, 1.165) is 23.3 Å². The maximum atomic E-state index is 5.87. The van der Waals surface area contributed by atoms with Gasteiger partial charge in [0.25, 0.3) is 0 Å². The zero-order valence-corrected chi connectivity index (χ0v) is 11.6. The van der Waals surface area contributed by atoms with Crippen LogP contribution in [0.1, 0.15) is 37.3 Å². The molecule has 3 unspecified atom stereocenters. The summed E-state index contributed by atoms with van der Waals surface area (Å²) in [5.41, 5.74) is 5.43. The lowest BCUT2D eigenvalue weighted by Crippen LogP contribution is -2.30. The Morgan fingerprint density at radius 1 is 1.15 bits per heavy atom. The highest BCUT2D eigenvalue weighted by atomic mass is 15.2. The molecule has 4 rings (SSSR count). The van der Waals surface area contributed by atoms with Crippen molar-refractivity contribution in [3.05, 3.63) is 42.1 Å². The lowest BCUT2D eigenvalue weighted by Gasteiger charge is -2.17. The van der Waals surface area contributed by atoms with Gasteiger partial charge in [-0.15, -0.1) is 0 Å². The van der Waals surface area contributed by atoms with Gasteiger partial charge in [0.05, 0.1) is 5.52 Å². The van der Waals surface area contributed by atoms with Crippen molar-refractivity contribution in [2.45, 2.75) is 31.7 Å². The molecule has 1 aromatic heterocycles. The van der Waals surface area contributed by atoms with Gasteiger partial charge in [0.1, 0.15) is 0 Å². The topological polar surface area (TPSA) is 50.9 Å². The zero-order chi connectivity index (χ0) is 13.5. The second kappa shape index (κ2) is 4.83. The van der Waals surface area contributed by atoms with E-state index < -0.39 is 0 Å². The molecular formula is C17H21N3. The van der Waals surface area contributed by atoms with Gasteiger partial charge in [-0.3, -0.25) is 16.3 Å². The number of hydrogen-bond donors (Lipinski definition) is 2. The predicted molar refractivity (Wildman–Crippen MR) is 80.7 cm³/mol. The van der Waals surface area contributed by atoms with E-state index in [1.807, 2.05) is 12.3 Å². The summed E-state index contributed by atoms with van der Waals surface area (Å²) in [7, 11) is 0. The molecule has 3 N–H and O–H groups in total. The molecule has 0 aliphatic heterocycles. The lowest BCUT2D eigenvalue weighted by atomic mass is 9.99. The van der Waals surface area contributed by atoms with Crippen LogP contribution >= 0.6 is 0 Å². The van der Waals surface area contributed by atoms with Crippen molar-refractivity contribution in [3.8, 4) is 0 Å². The molecular weight excluding hydrogens is 246 g/mol. The van der Waals surface area contributed by atoms with Crippen molar-refractivity contribution >= 4 is 10.9 Å². The van der Waals surface area contributed by atoms with Gasteiger partial charge in [-0.25, -0.2) is 0 Å². The molecule has 1 aromatic carbocycles. The van der Waals surface area contributed by atoms with Crippen LogP contribution in [0.2, 0.25) is 0 Å². The summed E-state index contributed by atoms with van der Waals surface area (Å²) >= 11 is 0. The predicted octanol–water partition coefficient (Wildman–Crippen LogP) is 3.18. The summed E-state index contributed by atoms with van der Waals surface area (Å²) in [4.78, 5) is 4.46. The van der Waals surface area contributed by atoms with E-state index in [1.54, 1.807) is 0 Å². The molecule has 1 heterocycles. The number of rotatable bonds is 3. The van der Waals surface area contributed by atoms with Crippen molar-refractivity contribution in [2.75, 3.05) is 0 Å². The first-order valence-corrected chi connectivity index (χ1v) is 7.69. The van der Waals surface area contributed by atoms with Crippen LogP contribution in [0.15, 0.2) is 36.5 Å². The normalized spacial score (nSPS) is 29.9. The Kier molecular flexibility index (Phi) is 2.97. The van der Waals surface area contributed by atoms with Gasteiger partial charge in [0.2, 0.25) is 0 Å². The molecule has 2 saturated carbocycles. The third-order valence-corrected chi connectivity index (χ3v) is 5.28. The minimum atomic E-state index is 0.287.